The van der Waals surface area contributed by atoms with Crippen molar-refractivity contribution < 1.29 is 9.53 Å². The average Bonchev–Trinajstić information content (AvgIpc) is 2.63. The highest BCUT2D eigenvalue weighted by atomic mass is 35.5. The van der Waals surface area contributed by atoms with Crippen molar-refractivity contribution in [2.45, 2.75) is 38.1 Å². The summed E-state index contributed by atoms with van der Waals surface area (Å²) in [6.07, 6.45) is 7.36. The Morgan fingerprint density at radius 1 is 1.20 bits per heavy atom. The van der Waals surface area contributed by atoms with Gasteiger partial charge in [0.2, 0.25) is 0 Å². The molecule has 1 fully saturated rings. The molecule has 1 saturated carbocycles. The number of amides is 1. The number of methoxy groups -OCH3 is 1. The molecule has 0 bridgehead atoms. The van der Waals surface area contributed by atoms with Crippen LogP contribution in [0.25, 0.3) is 0 Å². The molecule has 1 aromatic heterocycles. The molecule has 3 rings (SSSR count). The molecule has 1 aliphatic carbocycles. The fourth-order valence-corrected chi connectivity index (χ4v) is 3.24. The highest BCUT2D eigenvalue weighted by molar-refractivity contribution is 6.31. The lowest BCUT2D eigenvalue weighted by Gasteiger charge is -2.22. The number of benzene rings is 1. The first kappa shape index (κ1) is 17.5. The van der Waals surface area contributed by atoms with E-state index >= 15 is 0 Å². The van der Waals surface area contributed by atoms with Crippen LogP contribution in [-0.2, 0) is 0 Å². The third kappa shape index (κ3) is 4.63. The van der Waals surface area contributed by atoms with Gasteiger partial charge in [-0.2, -0.15) is 0 Å². The molecular formula is C19H22ClN3O2. The van der Waals surface area contributed by atoms with Gasteiger partial charge < -0.3 is 15.4 Å². The summed E-state index contributed by atoms with van der Waals surface area (Å²) in [5, 5.41) is 6.87. The van der Waals surface area contributed by atoms with E-state index in [1.807, 2.05) is 0 Å². The molecule has 1 amide bonds. The molecule has 0 atom stereocenters. The monoisotopic (exact) mass is 359 g/mol. The van der Waals surface area contributed by atoms with Crippen molar-refractivity contribution in [2.24, 2.45) is 0 Å². The summed E-state index contributed by atoms with van der Waals surface area (Å²) in [5.41, 5.74) is 1.29. The maximum absolute atomic E-state index is 12.5. The molecule has 0 spiro atoms. The molecule has 1 aliphatic rings. The number of halogens is 1. The van der Waals surface area contributed by atoms with Gasteiger partial charge >= 0.3 is 0 Å². The van der Waals surface area contributed by atoms with Crippen LogP contribution in [0.4, 0.5) is 11.5 Å². The number of hydrogen-bond donors (Lipinski definition) is 2. The van der Waals surface area contributed by atoms with E-state index in [1.165, 1.54) is 19.3 Å². The number of aromatic nitrogens is 1. The Kier molecular flexibility index (Phi) is 5.76. The number of rotatable bonds is 5. The van der Waals surface area contributed by atoms with Gasteiger partial charge in [0.15, 0.2) is 0 Å². The Hall–Kier alpha value is -2.27. The minimum absolute atomic E-state index is 0.0598. The molecule has 5 nitrogen and oxygen atoms in total. The Balaban J connectivity index is 1.73. The van der Waals surface area contributed by atoms with Crippen LogP contribution in [0.5, 0.6) is 5.75 Å². The smallest absolute Gasteiger partial charge is 0.251 e. The van der Waals surface area contributed by atoms with E-state index in [4.69, 9.17) is 16.3 Å². The Morgan fingerprint density at radius 2 is 2.00 bits per heavy atom. The summed E-state index contributed by atoms with van der Waals surface area (Å²) in [6, 6.07) is 9.03. The number of anilines is 2. The first-order valence-corrected chi connectivity index (χ1v) is 8.91. The molecule has 2 N–H and O–H groups in total. The number of nitrogens with one attached hydrogen (secondary N) is 2. The van der Waals surface area contributed by atoms with Crippen LogP contribution in [0.1, 0.15) is 42.5 Å². The lowest BCUT2D eigenvalue weighted by atomic mass is 9.95. The van der Waals surface area contributed by atoms with Crippen molar-refractivity contribution in [2.75, 3.05) is 12.4 Å². The highest BCUT2D eigenvalue weighted by Gasteiger charge is 2.17. The quantitative estimate of drug-likeness (QED) is 0.822. The van der Waals surface area contributed by atoms with Crippen molar-refractivity contribution in [3.8, 4) is 5.75 Å². The van der Waals surface area contributed by atoms with Crippen molar-refractivity contribution >= 4 is 29.0 Å². The number of ether oxygens (including phenoxy) is 1. The van der Waals surface area contributed by atoms with Crippen LogP contribution >= 0.6 is 11.6 Å². The summed E-state index contributed by atoms with van der Waals surface area (Å²) >= 11 is 6.05. The molecule has 1 heterocycles. The lowest BCUT2D eigenvalue weighted by molar-refractivity contribution is 0.0927. The summed E-state index contributed by atoms with van der Waals surface area (Å²) in [7, 11) is 1.59. The molecule has 6 heteroatoms. The second-order valence-electron chi connectivity index (χ2n) is 6.21. The molecule has 1 aromatic carbocycles. The van der Waals surface area contributed by atoms with Crippen LogP contribution in [0.3, 0.4) is 0 Å². The maximum atomic E-state index is 12.5. The zero-order chi connectivity index (χ0) is 17.6. The minimum atomic E-state index is -0.0598. The Morgan fingerprint density at radius 3 is 2.76 bits per heavy atom. The SMILES string of the molecule is COc1ccc(Cl)cc1Nc1cc(C(=O)NC2CCCCC2)ccn1. The van der Waals surface area contributed by atoms with Crippen LogP contribution in [-0.4, -0.2) is 24.0 Å². The summed E-state index contributed by atoms with van der Waals surface area (Å²) in [5.74, 6) is 1.16. The van der Waals surface area contributed by atoms with Gasteiger partial charge in [0.1, 0.15) is 11.6 Å². The molecule has 0 aliphatic heterocycles. The van der Waals surface area contributed by atoms with E-state index < -0.39 is 0 Å². The first-order chi connectivity index (χ1) is 12.2. The molecule has 0 unspecified atom stereocenters. The topological polar surface area (TPSA) is 63.2 Å². The van der Waals surface area contributed by atoms with Crippen LogP contribution < -0.4 is 15.4 Å². The van der Waals surface area contributed by atoms with Gasteiger partial charge in [0.25, 0.3) is 5.91 Å². The number of pyridine rings is 1. The molecule has 2 aromatic rings. The zero-order valence-corrected chi connectivity index (χ0v) is 15.0. The van der Waals surface area contributed by atoms with E-state index in [0.717, 1.165) is 12.8 Å². The number of carbonyl (C=O) groups is 1. The number of hydrogen-bond acceptors (Lipinski definition) is 4. The van der Waals surface area contributed by atoms with Gasteiger partial charge in [0.05, 0.1) is 12.8 Å². The molecule has 0 saturated heterocycles. The predicted molar refractivity (Wildman–Crippen MR) is 99.9 cm³/mol. The van der Waals surface area contributed by atoms with E-state index in [2.05, 4.69) is 15.6 Å². The summed E-state index contributed by atoms with van der Waals surface area (Å²) in [4.78, 5) is 16.8. The van der Waals surface area contributed by atoms with E-state index in [9.17, 15) is 4.79 Å². The number of carbonyl (C=O) groups excluding carboxylic acids is 1. The van der Waals surface area contributed by atoms with Crippen LogP contribution in [0.2, 0.25) is 5.02 Å². The van der Waals surface area contributed by atoms with Gasteiger partial charge in [-0.25, -0.2) is 4.98 Å². The van der Waals surface area contributed by atoms with Gasteiger partial charge in [-0.1, -0.05) is 30.9 Å². The zero-order valence-electron chi connectivity index (χ0n) is 14.2. The summed E-state index contributed by atoms with van der Waals surface area (Å²) < 4.78 is 5.32. The third-order valence-electron chi connectivity index (χ3n) is 4.39. The summed E-state index contributed by atoms with van der Waals surface area (Å²) in [6.45, 7) is 0. The number of nitrogens with zero attached hydrogens (tertiary/aromatic N) is 1. The van der Waals surface area contributed by atoms with Crippen molar-refractivity contribution in [1.82, 2.24) is 10.3 Å². The van der Waals surface area contributed by atoms with Gasteiger partial charge in [0, 0.05) is 22.8 Å². The van der Waals surface area contributed by atoms with Crippen molar-refractivity contribution in [1.29, 1.82) is 0 Å². The van der Waals surface area contributed by atoms with Crippen molar-refractivity contribution in [3.63, 3.8) is 0 Å². The largest absolute Gasteiger partial charge is 0.495 e. The van der Waals surface area contributed by atoms with Gasteiger partial charge in [-0.15, -0.1) is 0 Å². The van der Waals surface area contributed by atoms with Gasteiger partial charge in [-0.3, -0.25) is 4.79 Å². The third-order valence-corrected chi connectivity index (χ3v) is 4.62. The average molecular weight is 360 g/mol. The molecular weight excluding hydrogens is 338 g/mol. The lowest BCUT2D eigenvalue weighted by Crippen LogP contribution is -2.36. The Bertz CT molecular complexity index is 745. The standard InChI is InChI=1S/C19H22ClN3O2/c1-25-17-8-7-14(20)12-16(17)23-18-11-13(9-10-21-18)19(24)22-15-5-3-2-4-6-15/h7-12,15H,2-6H2,1H3,(H,21,23)(H,22,24). The highest BCUT2D eigenvalue weighted by Crippen LogP contribution is 2.30. The fraction of sp³-hybridized carbons (Fsp3) is 0.368. The fourth-order valence-electron chi connectivity index (χ4n) is 3.07. The first-order valence-electron chi connectivity index (χ1n) is 8.53. The van der Waals surface area contributed by atoms with E-state index in [1.54, 1.807) is 43.6 Å². The minimum Gasteiger partial charge on any atom is -0.495 e. The van der Waals surface area contributed by atoms with Gasteiger partial charge in [-0.05, 0) is 43.2 Å². The maximum Gasteiger partial charge on any atom is 0.251 e. The predicted octanol–water partition coefficient (Wildman–Crippen LogP) is 4.55. The second kappa shape index (κ2) is 8.21. The van der Waals surface area contributed by atoms with E-state index in [0.29, 0.717) is 27.8 Å². The van der Waals surface area contributed by atoms with Crippen molar-refractivity contribution in [3.05, 3.63) is 47.1 Å². The molecule has 25 heavy (non-hydrogen) atoms. The normalized spacial score (nSPS) is 14.8. The van der Waals surface area contributed by atoms with Crippen LogP contribution in [0.15, 0.2) is 36.5 Å². The Labute approximate surface area is 152 Å². The van der Waals surface area contributed by atoms with E-state index in [-0.39, 0.29) is 11.9 Å². The van der Waals surface area contributed by atoms with Crippen LogP contribution in [0, 0.1) is 0 Å². The molecule has 0 radical (unpaired) electrons. The molecule has 132 valence electrons. The second-order valence-corrected chi connectivity index (χ2v) is 6.64.